The third kappa shape index (κ3) is 1.58. The average molecular weight is 278 g/mol. The van der Waals surface area contributed by atoms with E-state index in [4.69, 9.17) is 0 Å². The molecule has 4 rings (SSSR count). The highest BCUT2D eigenvalue weighted by Gasteiger charge is 2.11. The molecule has 0 aliphatic rings. The molecule has 0 saturated carbocycles. The van der Waals surface area contributed by atoms with Crippen LogP contribution < -0.4 is 5.56 Å². The Morgan fingerprint density at radius 3 is 2.60 bits per heavy atom. The van der Waals surface area contributed by atoms with Crippen LogP contribution in [0.1, 0.15) is 0 Å². The zero-order valence-electron chi connectivity index (χ0n) is 10.5. The van der Waals surface area contributed by atoms with Gasteiger partial charge in [-0.3, -0.25) is 4.79 Å². The van der Waals surface area contributed by atoms with Gasteiger partial charge < -0.3 is 0 Å². The summed E-state index contributed by atoms with van der Waals surface area (Å²) in [6.07, 6.45) is 1.71. The zero-order valence-corrected chi connectivity index (χ0v) is 11.3. The van der Waals surface area contributed by atoms with Crippen molar-refractivity contribution in [1.29, 1.82) is 0 Å². The molecule has 0 bridgehead atoms. The van der Waals surface area contributed by atoms with Gasteiger partial charge in [0, 0.05) is 11.6 Å². The Kier molecular flexibility index (Phi) is 2.44. The van der Waals surface area contributed by atoms with E-state index in [0.29, 0.717) is 5.39 Å². The SMILES string of the molecule is O=c1c2cccnc2sn1-c1cccc2ccccc12. The first-order valence-electron chi connectivity index (χ1n) is 6.30. The van der Waals surface area contributed by atoms with Crippen molar-refractivity contribution in [2.24, 2.45) is 0 Å². The Bertz CT molecular complexity index is 979. The molecule has 0 N–H and O–H groups in total. The summed E-state index contributed by atoms with van der Waals surface area (Å²) in [5, 5.41) is 2.87. The molecular weight excluding hydrogens is 268 g/mol. The van der Waals surface area contributed by atoms with Crippen molar-refractivity contribution < 1.29 is 0 Å². The van der Waals surface area contributed by atoms with Crippen molar-refractivity contribution in [3.63, 3.8) is 0 Å². The Balaban J connectivity index is 2.12. The van der Waals surface area contributed by atoms with Gasteiger partial charge in [-0.15, -0.1) is 0 Å². The van der Waals surface area contributed by atoms with Gasteiger partial charge in [-0.05, 0) is 35.1 Å². The number of hydrogen-bond donors (Lipinski definition) is 0. The molecule has 0 saturated heterocycles. The number of benzene rings is 2. The van der Waals surface area contributed by atoms with Gasteiger partial charge in [-0.2, -0.15) is 0 Å². The Hall–Kier alpha value is -2.46. The highest BCUT2D eigenvalue weighted by atomic mass is 32.1. The summed E-state index contributed by atoms with van der Waals surface area (Å²) in [6, 6.07) is 17.7. The summed E-state index contributed by atoms with van der Waals surface area (Å²) in [5.41, 5.74) is 0.908. The molecule has 0 unspecified atom stereocenters. The third-order valence-corrected chi connectivity index (χ3v) is 4.39. The molecule has 3 nitrogen and oxygen atoms in total. The van der Waals surface area contributed by atoms with Gasteiger partial charge in [-0.1, -0.05) is 36.4 Å². The number of pyridine rings is 1. The number of nitrogens with zero attached hydrogens (tertiary/aromatic N) is 2. The van der Waals surface area contributed by atoms with Crippen molar-refractivity contribution in [3.8, 4) is 5.69 Å². The minimum atomic E-state index is -0.00514. The molecule has 0 spiro atoms. The van der Waals surface area contributed by atoms with Gasteiger partial charge in [0.2, 0.25) is 0 Å². The standard InChI is InChI=1S/C16H10N2OS/c19-16-13-8-4-10-17-15(13)20-18(16)14-9-3-6-11-5-1-2-7-12(11)14/h1-10H. The molecule has 0 aliphatic heterocycles. The maximum atomic E-state index is 12.5. The van der Waals surface area contributed by atoms with E-state index < -0.39 is 0 Å². The van der Waals surface area contributed by atoms with Gasteiger partial charge in [0.25, 0.3) is 5.56 Å². The summed E-state index contributed by atoms with van der Waals surface area (Å²) < 4.78 is 1.72. The molecule has 4 aromatic rings. The molecule has 20 heavy (non-hydrogen) atoms. The van der Waals surface area contributed by atoms with Crippen LogP contribution in [-0.4, -0.2) is 8.94 Å². The first kappa shape index (κ1) is 11.4. The molecular formula is C16H10N2OS. The van der Waals surface area contributed by atoms with E-state index in [9.17, 15) is 4.79 Å². The summed E-state index contributed by atoms with van der Waals surface area (Å²) in [5.74, 6) is 0. The maximum Gasteiger partial charge on any atom is 0.274 e. The van der Waals surface area contributed by atoms with Crippen LogP contribution in [0.4, 0.5) is 0 Å². The van der Waals surface area contributed by atoms with Gasteiger partial charge in [0.05, 0.1) is 11.1 Å². The highest BCUT2D eigenvalue weighted by molar-refractivity contribution is 7.13. The predicted octanol–water partition coefficient (Wildman–Crippen LogP) is 3.60. The second-order valence-corrected chi connectivity index (χ2v) is 5.48. The molecule has 2 aromatic heterocycles. The predicted molar refractivity (Wildman–Crippen MR) is 82.7 cm³/mol. The lowest BCUT2D eigenvalue weighted by atomic mass is 10.1. The monoisotopic (exact) mass is 278 g/mol. The molecule has 0 fully saturated rings. The van der Waals surface area contributed by atoms with Crippen molar-refractivity contribution in [3.05, 3.63) is 71.1 Å². The Morgan fingerprint density at radius 2 is 1.70 bits per heavy atom. The first-order valence-corrected chi connectivity index (χ1v) is 7.07. The minimum Gasteiger partial charge on any atom is -0.267 e. The van der Waals surface area contributed by atoms with Crippen LogP contribution in [0.5, 0.6) is 0 Å². The van der Waals surface area contributed by atoms with E-state index in [1.807, 2.05) is 36.4 Å². The molecule has 2 heterocycles. The van der Waals surface area contributed by atoms with Crippen molar-refractivity contribution >= 4 is 32.5 Å². The Labute approximate surface area is 118 Å². The van der Waals surface area contributed by atoms with E-state index in [-0.39, 0.29) is 5.56 Å². The van der Waals surface area contributed by atoms with Crippen LogP contribution in [0.2, 0.25) is 0 Å². The number of aromatic nitrogens is 2. The van der Waals surface area contributed by atoms with Gasteiger partial charge >= 0.3 is 0 Å². The van der Waals surface area contributed by atoms with Gasteiger partial charge in [-0.25, -0.2) is 8.94 Å². The molecule has 96 valence electrons. The first-order chi connectivity index (χ1) is 9.84. The number of hydrogen-bond acceptors (Lipinski definition) is 3. The van der Waals surface area contributed by atoms with Crippen LogP contribution in [0.3, 0.4) is 0 Å². The van der Waals surface area contributed by atoms with Gasteiger partial charge in [0.15, 0.2) is 0 Å². The second-order valence-electron chi connectivity index (χ2n) is 4.55. The van der Waals surface area contributed by atoms with E-state index in [2.05, 4.69) is 17.1 Å². The maximum absolute atomic E-state index is 12.5. The quantitative estimate of drug-likeness (QED) is 0.533. The lowest BCUT2D eigenvalue weighted by Crippen LogP contribution is -2.10. The summed E-state index contributed by atoms with van der Waals surface area (Å²) >= 11 is 1.38. The van der Waals surface area contributed by atoms with E-state index in [1.54, 1.807) is 16.2 Å². The van der Waals surface area contributed by atoms with Crippen molar-refractivity contribution in [2.75, 3.05) is 0 Å². The van der Waals surface area contributed by atoms with Crippen LogP contribution >= 0.6 is 11.5 Å². The fraction of sp³-hybridized carbons (Fsp3) is 0. The van der Waals surface area contributed by atoms with Crippen LogP contribution in [0.15, 0.2) is 65.6 Å². The topological polar surface area (TPSA) is 34.9 Å². The molecule has 0 radical (unpaired) electrons. The molecule has 0 atom stereocenters. The summed E-state index contributed by atoms with van der Waals surface area (Å²) in [6.45, 7) is 0. The lowest BCUT2D eigenvalue weighted by molar-refractivity contribution is 1.16. The minimum absolute atomic E-state index is 0.00514. The molecule has 0 aliphatic carbocycles. The van der Waals surface area contributed by atoms with E-state index in [0.717, 1.165) is 21.3 Å². The molecule has 4 heteroatoms. The van der Waals surface area contributed by atoms with Crippen molar-refractivity contribution in [2.45, 2.75) is 0 Å². The highest BCUT2D eigenvalue weighted by Crippen LogP contribution is 2.24. The largest absolute Gasteiger partial charge is 0.274 e. The van der Waals surface area contributed by atoms with Crippen LogP contribution in [0.25, 0.3) is 26.7 Å². The van der Waals surface area contributed by atoms with Crippen molar-refractivity contribution in [1.82, 2.24) is 8.94 Å². The number of rotatable bonds is 1. The van der Waals surface area contributed by atoms with Gasteiger partial charge in [0.1, 0.15) is 4.83 Å². The fourth-order valence-electron chi connectivity index (χ4n) is 2.41. The van der Waals surface area contributed by atoms with Crippen LogP contribution in [0, 0.1) is 0 Å². The van der Waals surface area contributed by atoms with Crippen LogP contribution in [-0.2, 0) is 0 Å². The van der Waals surface area contributed by atoms with E-state index >= 15 is 0 Å². The summed E-state index contributed by atoms with van der Waals surface area (Å²) in [7, 11) is 0. The van der Waals surface area contributed by atoms with E-state index in [1.165, 1.54) is 11.5 Å². The smallest absolute Gasteiger partial charge is 0.267 e. The average Bonchev–Trinajstić information content (AvgIpc) is 2.84. The molecule has 2 aromatic carbocycles. The lowest BCUT2D eigenvalue weighted by Gasteiger charge is -2.05. The number of fused-ring (bicyclic) bond motifs is 2. The summed E-state index contributed by atoms with van der Waals surface area (Å²) in [4.78, 5) is 17.5. The third-order valence-electron chi connectivity index (χ3n) is 3.35. The second kappa shape index (κ2) is 4.28. The normalized spacial score (nSPS) is 11.2. The fourth-order valence-corrected chi connectivity index (χ4v) is 3.38. The molecule has 0 amide bonds. The zero-order chi connectivity index (χ0) is 13.5. The Morgan fingerprint density at radius 1 is 0.900 bits per heavy atom.